The molecular weight excluding hydrogens is 364 g/mol. The Morgan fingerprint density at radius 2 is 1.52 bits per heavy atom. The van der Waals surface area contributed by atoms with Gasteiger partial charge in [0.2, 0.25) is 0 Å². The number of esters is 1. The van der Waals surface area contributed by atoms with E-state index in [9.17, 15) is 9.59 Å². The van der Waals surface area contributed by atoms with E-state index < -0.39 is 5.97 Å². The van der Waals surface area contributed by atoms with Gasteiger partial charge in [0.05, 0.1) is 5.56 Å². The Balaban J connectivity index is 1.53. The summed E-state index contributed by atoms with van der Waals surface area (Å²) in [4.78, 5) is 24.6. The predicted molar refractivity (Wildman–Crippen MR) is 114 cm³/mol. The molecule has 0 radical (unpaired) electrons. The van der Waals surface area contributed by atoms with E-state index in [1.807, 2.05) is 67.6 Å². The van der Waals surface area contributed by atoms with Gasteiger partial charge in [0.15, 0.2) is 0 Å². The number of ether oxygens (including phenoxy) is 1. The zero-order valence-corrected chi connectivity index (χ0v) is 16.4. The van der Waals surface area contributed by atoms with Gasteiger partial charge >= 0.3 is 12.0 Å². The first-order chi connectivity index (χ1) is 14.1. The zero-order chi connectivity index (χ0) is 20.5. The molecule has 0 aliphatic heterocycles. The fourth-order valence-electron chi connectivity index (χ4n) is 2.82. The summed E-state index contributed by atoms with van der Waals surface area (Å²) in [5.41, 5.74) is 3.92. The fraction of sp³-hybridized carbons (Fsp3) is 0.167. The highest BCUT2D eigenvalue weighted by molar-refractivity contribution is 5.94. The van der Waals surface area contributed by atoms with E-state index in [-0.39, 0.29) is 12.6 Å². The number of amides is 2. The van der Waals surface area contributed by atoms with Gasteiger partial charge in [0.1, 0.15) is 6.61 Å². The third-order valence-corrected chi connectivity index (χ3v) is 4.48. The lowest BCUT2D eigenvalue weighted by Crippen LogP contribution is -2.30. The molecule has 0 heterocycles. The Bertz CT molecular complexity index is 956. The van der Waals surface area contributed by atoms with E-state index in [1.54, 1.807) is 18.2 Å². The zero-order valence-electron chi connectivity index (χ0n) is 16.4. The molecule has 3 aromatic rings. The minimum Gasteiger partial charge on any atom is -0.457 e. The monoisotopic (exact) mass is 388 g/mol. The van der Waals surface area contributed by atoms with Crippen molar-refractivity contribution in [2.45, 2.75) is 20.0 Å². The van der Waals surface area contributed by atoms with Crippen LogP contribution in [0.4, 0.5) is 10.5 Å². The van der Waals surface area contributed by atoms with Crippen molar-refractivity contribution < 1.29 is 14.3 Å². The third-order valence-electron chi connectivity index (χ3n) is 4.48. The molecule has 3 aromatic carbocycles. The summed E-state index contributed by atoms with van der Waals surface area (Å²) in [5, 5.41) is 5.64. The van der Waals surface area contributed by atoms with Crippen LogP contribution in [0.2, 0.25) is 0 Å². The van der Waals surface area contributed by atoms with Crippen molar-refractivity contribution in [3.8, 4) is 0 Å². The average molecular weight is 388 g/mol. The van der Waals surface area contributed by atoms with Gasteiger partial charge in [-0.1, -0.05) is 66.7 Å². The topological polar surface area (TPSA) is 67.4 Å². The first kappa shape index (κ1) is 20.1. The number of anilines is 1. The standard InChI is InChI=1S/C24H24N2O3/c1-18-12-13-21(23(27)29-17-20-10-6-3-7-11-20)16-22(18)26-24(28)25-15-14-19-8-4-2-5-9-19/h2-13,16H,14-15,17H2,1H3,(H2,25,26,28). The summed E-state index contributed by atoms with van der Waals surface area (Å²) < 4.78 is 5.36. The first-order valence-corrected chi connectivity index (χ1v) is 9.52. The summed E-state index contributed by atoms with van der Waals surface area (Å²) in [6.07, 6.45) is 0.749. The Morgan fingerprint density at radius 1 is 0.862 bits per heavy atom. The quantitative estimate of drug-likeness (QED) is 0.576. The second-order valence-corrected chi connectivity index (χ2v) is 6.71. The van der Waals surface area contributed by atoms with Crippen molar-refractivity contribution in [2.24, 2.45) is 0 Å². The number of hydrogen-bond acceptors (Lipinski definition) is 3. The molecule has 29 heavy (non-hydrogen) atoms. The van der Waals surface area contributed by atoms with Gasteiger partial charge in [0.25, 0.3) is 0 Å². The minimum absolute atomic E-state index is 0.205. The molecule has 0 aliphatic rings. The van der Waals surface area contributed by atoms with Crippen molar-refractivity contribution in [3.63, 3.8) is 0 Å². The summed E-state index contributed by atoms with van der Waals surface area (Å²) in [5.74, 6) is -0.429. The van der Waals surface area contributed by atoms with Crippen molar-refractivity contribution in [1.29, 1.82) is 0 Å². The number of urea groups is 1. The van der Waals surface area contributed by atoms with Crippen molar-refractivity contribution in [1.82, 2.24) is 5.32 Å². The molecule has 2 amide bonds. The lowest BCUT2D eigenvalue weighted by Gasteiger charge is -2.12. The second kappa shape index (κ2) is 10.1. The van der Waals surface area contributed by atoms with Gasteiger partial charge < -0.3 is 15.4 Å². The molecule has 3 rings (SSSR count). The maximum atomic E-state index is 12.3. The molecule has 0 atom stereocenters. The van der Waals surface area contributed by atoms with E-state index in [1.165, 1.54) is 0 Å². The summed E-state index contributed by atoms with van der Waals surface area (Å²) in [6.45, 7) is 2.60. The average Bonchev–Trinajstić information content (AvgIpc) is 2.75. The van der Waals surface area contributed by atoms with E-state index in [2.05, 4.69) is 10.6 Å². The maximum Gasteiger partial charge on any atom is 0.338 e. The molecule has 0 aromatic heterocycles. The van der Waals surface area contributed by atoms with Crippen LogP contribution in [0.15, 0.2) is 78.9 Å². The van der Waals surface area contributed by atoms with Gasteiger partial charge in [-0.3, -0.25) is 0 Å². The summed E-state index contributed by atoms with van der Waals surface area (Å²) in [6, 6.07) is 24.3. The predicted octanol–water partition coefficient (Wildman–Crippen LogP) is 4.72. The normalized spacial score (nSPS) is 10.2. The van der Waals surface area contributed by atoms with E-state index >= 15 is 0 Å². The van der Waals surface area contributed by atoms with Crippen LogP contribution in [0, 0.1) is 6.92 Å². The highest BCUT2D eigenvalue weighted by atomic mass is 16.5. The van der Waals surface area contributed by atoms with E-state index in [0.717, 1.165) is 23.1 Å². The van der Waals surface area contributed by atoms with Crippen molar-refractivity contribution in [2.75, 3.05) is 11.9 Å². The highest BCUT2D eigenvalue weighted by Crippen LogP contribution is 2.18. The molecule has 0 saturated carbocycles. The first-order valence-electron chi connectivity index (χ1n) is 9.52. The van der Waals surface area contributed by atoms with Gasteiger partial charge in [-0.25, -0.2) is 9.59 Å². The molecule has 0 saturated heterocycles. The molecule has 5 heteroatoms. The Kier molecular flexibility index (Phi) is 7.00. The Labute approximate surface area is 170 Å². The van der Waals surface area contributed by atoms with Crippen LogP contribution in [-0.4, -0.2) is 18.5 Å². The molecule has 2 N–H and O–H groups in total. The molecule has 0 aliphatic carbocycles. The van der Waals surface area contributed by atoms with Gasteiger partial charge in [-0.2, -0.15) is 0 Å². The van der Waals surface area contributed by atoms with Crippen molar-refractivity contribution >= 4 is 17.7 Å². The molecular formula is C24H24N2O3. The summed E-state index contributed by atoms with van der Waals surface area (Å²) >= 11 is 0. The number of rotatable bonds is 7. The lowest BCUT2D eigenvalue weighted by molar-refractivity contribution is 0.0472. The van der Waals surface area contributed by atoms with Gasteiger partial charge in [-0.05, 0) is 42.2 Å². The van der Waals surface area contributed by atoms with Crippen LogP contribution in [0.5, 0.6) is 0 Å². The minimum atomic E-state index is -0.429. The third kappa shape index (κ3) is 6.21. The number of aryl methyl sites for hydroxylation is 1. The molecule has 0 spiro atoms. The maximum absolute atomic E-state index is 12.3. The Morgan fingerprint density at radius 3 is 2.21 bits per heavy atom. The van der Waals surface area contributed by atoms with Crippen LogP contribution in [0.25, 0.3) is 0 Å². The van der Waals surface area contributed by atoms with Gasteiger partial charge in [0, 0.05) is 12.2 Å². The molecule has 0 fully saturated rings. The van der Waals surface area contributed by atoms with Crippen LogP contribution in [-0.2, 0) is 17.8 Å². The largest absolute Gasteiger partial charge is 0.457 e. The van der Waals surface area contributed by atoms with E-state index in [0.29, 0.717) is 17.8 Å². The smallest absolute Gasteiger partial charge is 0.338 e. The highest BCUT2D eigenvalue weighted by Gasteiger charge is 2.11. The van der Waals surface area contributed by atoms with Crippen LogP contribution < -0.4 is 10.6 Å². The second-order valence-electron chi connectivity index (χ2n) is 6.71. The number of hydrogen-bond donors (Lipinski definition) is 2. The fourth-order valence-corrected chi connectivity index (χ4v) is 2.82. The Hall–Kier alpha value is -3.60. The number of carbonyl (C=O) groups excluding carboxylic acids is 2. The number of nitrogens with one attached hydrogen (secondary N) is 2. The molecule has 0 unspecified atom stereocenters. The van der Waals surface area contributed by atoms with Crippen molar-refractivity contribution in [3.05, 3.63) is 101 Å². The molecule has 0 bridgehead atoms. The van der Waals surface area contributed by atoms with Crippen LogP contribution >= 0.6 is 0 Å². The van der Waals surface area contributed by atoms with E-state index in [4.69, 9.17) is 4.74 Å². The molecule has 148 valence electrons. The summed E-state index contributed by atoms with van der Waals surface area (Å²) in [7, 11) is 0. The SMILES string of the molecule is Cc1ccc(C(=O)OCc2ccccc2)cc1NC(=O)NCCc1ccccc1. The number of benzene rings is 3. The van der Waals surface area contributed by atoms with Crippen LogP contribution in [0.1, 0.15) is 27.0 Å². The van der Waals surface area contributed by atoms with Gasteiger partial charge in [-0.15, -0.1) is 0 Å². The van der Waals surface area contributed by atoms with Crippen LogP contribution in [0.3, 0.4) is 0 Å². The lowest BCUT2D eigenvalue weighted by atomic mass is 10.1. The number of carbonyl (C=O) groups is 2. The molecule has 5 nitrogen and oxygen atoms in total.